The highest BCUT2D eigenvalue weighted by Gasteiger charge is 2.32. The van der Waals surface area contributed by atoms with Crippen molar-refractivity contribution in [3.8, 4) is 0 Å². The van der Waals surface area contributed by atoms with Gasteiger partial charge in [-0.05, 0) is 49.9 Å². The molecule has 5 nitrogen and oxygen atoms in total. The van der Waals surface area contributed by atoms with Gasteiger partial charge in [0.15, 0.2) is 0 Å². The number of nitrogens with one attached hydrogen (secondary N) is 1. The Morgan fingerprint density at radius 1 is 1.32 bits per heavy atom. The lowest BCUT2D eigenvalue weighted by Gasteiger charge is -2.36. The Bertz CT molecular complexity index is 536. The molecule has 1 unspecified atom stereocenters. The van der Waals surface area contributed by atoms with Crippen LogP contribution in [-0.4, -0.2) is 42.0 Å². The van der Waals surface area contributed by atoms with Gasteiger partial charge in [-0.15, -0.1) is 0 Å². The quantitative estimate of drug-likeness (QED) is 0.872. The number of nitrogens with zero attached hydrogens (tertiary/aromatic N) is 1. The number of likely N-dealkylation sites (tertiary alicyclic amines) is 1. The highest BCUT2D eigenvalue weighted by atomic mass is 16.4. The minimum Gasteiger partial charge on any atom is -0.480 e. The molecule has 1 heterocycles. The van der Waals surface area contributed by atoms with E-state index >= 15 is 0 Å². The maximum Gasteiger partial charge on any atom is 0.325 e. The van der Waals surface area contributed by atoms with Crippen LogP contribution < -0.4 is 5.32 Å². The first-order valence-corrected chi connectivity index (χ1v) is 7.76. The summed E-state index contributed by atoms with van der Waals surface area (Å²) in [5.74, 6) is -0.395. The highest BCUT2D eigenvalue weighted by molar-refractivity contribution is 5.76. The van der Waals surface area contributed by atoms with Gasteiger partial charge in [0.05, 0.1) is 0 Å². The maximum absolute atomic E-state index is 11.8. The third-order valence-corrected chi connectivity index (χ3v) is 4.48. The average Bonchev–Trinajstić information content (AvgIpc) is 2.50. The molecule has 1 aromatic carbocycles. The average molecular weight is 304 g/mol. The fraction of sp³-hybridized carbons (Fsp3) is 0.529. The van der Waals surface area contributed by atoms with Crippen LogP contribution in [0, 0.1) is 12.8 Å². The van der Waals surface area contributed by atoms with E-state index in [1.165, 1.54) is 0 Å². The second-order valence-corrected chi connectivity index (χ2v) is 5.95. The number of aliphatic carboxylic acids is 1. The topological polar surface area (TPSA) is 69.6 Å². The van der Waals surface area contributed by atoms with Crippen molar-refractivity contribution >= 4 is 11.9 Å². The van der Waals surface area contributed by atoms with Crippen molar-refractivity contribution in [3.05, 3.63) is 35.4 Å². The molecule has 0 bridgehead atoms. The summed E-state index contributed by atoms with van der Waals surface area (Å²) in [7, 11) is 1.65. The zero-order valence-electron chi connectivity index (χ0n) is 13.2. The molecule has 1 amide bonds. The second kappa shape index (κ2) is 7.40. The molecule has 1 saturated heterocycles. The van der Waals surface area contributed by atoms with Crippen molar-refractivity contribution in [3.63, 3.8) is 0 Å². The Morgan fingerprint density at radius 2 is 1.95 bits per heavy atom. The predicted molar refractivity (Wildman–Crippen MR) is 84.5 cm³/mol. The van der Waals surface area contributed by atoms with E-state index in [4.69, 9.17) is 0 Å². The SMILES string of the molecule is CNC(=O)CC1CCN(C(C(=O)O)c2ccccc2C)CC1. The summed E-state index contributed by atoms with van der Waals surface area (Å²) in [5, 5.41) is 12.3. The normalized spacial score (nSPS) is 17.9. The molecule has 1 aromatic rings. The van der Waals surface area contributed by atoms with E-state index in [9.17, 15) is 14.7 Å². The number of amides is 1. The first kappa shape index (κ1) is 16.5. The van der Waals surface area contributed by atoms with Crippen LogP contribution in [0.15, 0.2) is 24.3 Å². The van der Waals surface area contributed by atoms with Crippen molar-refractivity contribution in [2.24, 2.45) is 5.92 Å². The molecule has 0 spiro atoms. The van der Waals surface area contributed by atoms with Crippen LogP contribution in [0.1, 0.15) is 36.4 Å². The van der Waals surface area contributed by atoms with E-state index < -0.39 is 12.0 Å². The number of carboxylic acids is 1. The molecular formula is C17H24N2O3. The number of hydrogen-bond donors (Lipinski definition) is 2. The molecule has 0 radical (unpaired) electrons. The lowest BCUT2D eigenvalue weighted by Crippen LogP contribution is -2.41. The van der Waals surface area contributed by atoms with E-state index in [0.29, 0.717) is 25.4 Å². The predicted octanol–water partition coefficient (Wildman–Crippen LogP) is 1.97. The van der Waals surface area contributed by atoms with Crippen molar-refractivity contribution in [2.45, 2.75) is 32.2 Å². The number of piperidine rings is 1. The van der Waals surface area contributed by atoms with Crippen molar-refractivity contribution in [1.82, 2.24) is 10.2 Å². The van der Waals surface area contributed by atoms with E-state index in [1.807, 2.05) is 36.1 Å². The molecule has 1 fully saturated rings. The number of benzene rings is 1. The van der Waals surface area contributed by atoms with Gasteiger partial charge in [0.25, 0.3) is 0 Å². The van der Waals surface area contributed by atoms with Gasteiger partial charge in [-0.1, -0.05) is 24.3 Å². The van der Waals surface area contributed by atoms with Crippen LogP contribution in [-0.2, 0) is 9.59 Å². The monoisotopic (exact) mass is 304 g/mol. The third-order valence-electron chi connectivity index (χ3n) is 4.48. The summed E-state index contributed by atoms with van der Waals surface area (Å²) in [6, 6.07) is 7.06. The van der Waals surface area contributed by atoms with Gasteiger partial charge < -0.3 is 10.4 Å². The maximum atomic E-state index is 11.8. The van der Waals surface area contributed by atoms with Crippen molar-refractivity contribution < 1.29 is 14.7 Å². The van der Waals surface area contributed by atoms with Crippen LogP contribution in [0.25, 0.3) is 0 Å². The summed E-state index contributed by atoms with van der Waals surface area (Å²) in [4.78, 5) is 25.2. The lowest BCUT2D eigenvalue weighted by molar-refractivity contribution is -0.144. The first-order chi connectivity index (χ1) is 10.5. The molecule has 0 saturated carbocycles. The number of carbonyl (C=O) groups is 2. The van der Waals surface area contributed by atoms with Crippen LogP contribution in [0.3, 0.4) is 0 Å². The van der Waals surface area contributed by atoms with Crippen LogP contribution >= 0.6 is 0 Å². The number of hydrogen-bond acceptors (Lipinski definition) is 3. The summed E-state index contributed by atoms with van der Waals surface area (Å²) < 4.78 is 0. The molecule has 2 N–H and O–H groups in total. The number of rotatable bonds is 5. The van der Waals surface area contributed by atoms with Gasteiger partial charge in [0.1, 0.15) is 6.04 Å². The van der Waals surface area contributed by atoms with E-state index in [2.05, 4.69) is 5.32 Å². The molecule has 120 valence electrons. The van der Waals surface area contributed by atoms with Crippen LogP contribution in [0.2, 0.25) is 0 Å². The van der Waals surface area contributed by atoms with Gasteiger partial charge in [0.2, 0.25) is 5.91 Å². The third kappa shape index (κ3) is 3.85. The smallest absolute Gasteiger partial charge is 0.325 e. The Kier molecular flexibility index (Phi) is 5.55. The molecular weight excluding hydrogens is 280 g/mol. The summed E-state index contributed by atoms with van der Waals surface area (Å²) in [6.07, 6.45) is 2.26. The molecule has 2 rings (SSSR count). The second-order valence-electron chi connectivity index (χ2n) is 5.95. The van der Waals surface area contributed by atoms with Gasteiger partial charge >= 0.3 is 5.97 Å². The summed E-state index contributed by atoms with van der Waals surface area (Å²) in [6.45, 7) is 3.38. The van der Waals surface area contributed by atoms with Crippen molar-refractivity contribution in [2.75, 3.05) is 20.1 Å². The van der Waals surface area contributed by atoms with Gasteiger partial charge in [0, 0.05) is 13.5 Å². The molecule has 1 atom stereocenters. The fourth-order valence-electron chi connectivity index (χ4n) is 3.16. The molecule has 0 aliphatic carbocycles. The van der Waals surface area contributed by atoms with Crippen LogP contribution in [0.4, 0.5) is 0 Å². The Hall–Kier alpha value is -1.88. The molecule has 1 aliphatic rings. The van der Waals surface area contributed by atoms with E-state index in [0.717, 1.165) is 24.0 Å². The zero-order chi connectivity index (χ0) is 16.1. The minimum atomic E-state index is -0.806. The van der Waals surface area contributed by atoms with Gasteiger partial charge in [-0.2, -0.15) is 0 Å². The molecule has 1 aliphatic heterocycles. The molecule has 5 heteroatoms. The summed E-state index contributed by atoms with van der Waals surface area (Å²) in [5.41, 5.74) is 1.86. The number of carbonyl (C=O) groups excluding carboxylic acids is 1. The van der Waals surface area contributed by atoms with E-state index in [-0.39, 0.29) is 5.91 Å². The Morgan fingerprint density at radius 3 is 2.50 bits per heavy atom. The van der Waals surface area contributed by atoms with Crippen molar-refractivity contribution in [1.29, 1.82) is 0 Å². The van der Waals surface area contributed by atoms with Crippen LogP contribution in [0.5, 0.6) is 0 Å². The Labute approximate surface area is 131 Å². The number of carboxylic acid groups (broad SMARTS) is 1. The Balaban J connectivity index is 2.05. The number of aryl methyl sites for hydroxylation is 1. The lowest BCUT2D eigenvalue weighted by atomic mass is 9.90. The fourth-order valence-corrected chi connectivity index (χ4v) is 3.16. The van der Waals surface area contributed by atoms with Gasteiger partial charge in [-0.25, -0.2) is 0 Å². The zero-order valence-corrected chi connectivity index (χ0v) is 13.2. The summed E-state index contributed by atoms with van der Waals surface area (Å²) >= 11 is 0. The standard InChI is InChI=1S/C17H24N2O3/c1-12-5-3-4-6-14(12)16(17(21)22)19-9-7-13(8-10-19)11-15(20)18-2/h3-6,13,16H,7-11H2,1-2H3,(H,18,20)(H,21,22). The largest absolute Gasteiger partial charge is 0.480 e. The highest BCUT2D eigenvalue weighted by Crippen LogP contribution is 2.30. The molecule has 0 aromatic heterocycles. The first-order valence-electron chi connectivity index (χ1n) is 7.76. The minimum absolute atomic E-state index is 0.0622. The van der Waals surface area contributed by atoms with Gasteiger partial charge in [-0.3, -0.25) is 14.5 Å². The van der Waals surface area contributed by atoms with E-state index in [1.54, 1.807) is 7.05 Å². The molecule has 22 heavy (non-hydrogen) atoms.